The molecule has 3 heterocycles. The number of aromatic nitrogens is 3. The number of fused-ring (bicyclic) bond motifs is 2. The largest absolute Gasteiger partial charge is 0.444 e. The quantitative estimate of drug-likeness (QED) is 0.847. The van der Waals surface area contributed by atoms with E-state index in [9.17, 15) is 4.79 Å². The molecule has 7 heteroatoms. The minimum Gasteiger partial charge on any atom is -0.444 e. The monoisotopic (exact) mass is 335 g/mol. The molecule has 1 aromatic heterocycles. The number of carbonyl (C=O) groups is 1. The van der Waals surface area contributed by atoms with Crippen LogP contribution < -0.4 is 0 Å². The fraction of sp³-hybridized carbons (Fsp3) is 0.824. The first-order chi connectivity index (χ1) is 11.2. The summed E-state index contributed by atoms with van der Waals surface area (Å²) in [7, 11) is 4.11. The van der Waals surface area contributed by atoms with E-state index in [-0.39, 0.29) is 6.09 Å². The normalized spacial score (nSPS) is 26.9. The second-order valence-electron chi connectivity index (χ2n) is 8.17. The van der Waals surface area contributed by atoms with Crippen molar-refractivity contribution in [1.82, 2.24) is 24.6 Å². The summed E-state index contributed by atoms with van der Waals surface area (Å²) in [4.78, 5) is 16.9. The van der Waals surface area contributed by atoms with E-state index < -0.39 is 5.60 Å². The summed E-state index contributed by atoms with van der Waals surface area (Å²) in [5.74, 6) is 0.972. The lowest BCUT2D eigenvalue weighted by molar-refractivity contribution is -0.00299. The van der Waals surface area contributed by atoms with Crippen molar-refractivity contribution in [3.05, 3.63) is 12.2 Å². The van der Waals surface area contributed by atoms with Crippen molar-refractivity contribution < 1.29 is 9.53 Å². The van der Waals surface area contributed by atoms with Crippen LogP contribution >= 0.6 is 0 Å². The molecule has 7 nitrogen and oxygen atoms in total. The van der Waals surface area contributed by atoms with Crippen molar-refractivity contribution in [2.45, 2.75) is 76.7 Å². The molecule has 1 aromatic rings. The minimum absolute atomic E-state index is 0.149. The molecule has 1 amide bonds. The first-order valence-electron chi connectivity index (χ1n) is 8.79. The topological polar surface area (TPSA) is 63.5 Å². The van der Waals surface area contributed by atoms with E-state index in [0.717, 1.165) is 38.1 Å². The predicted molar refractivity (Wildman–Crippen MR) is 90.4 cm³/mol. The van der Waals surface area contributed by atoms with Gasteiger partial charge in [0.05, 0.1) is 6.54 Å². The van der Waals surface area contributed by atoms with Gasteiger partial charge in [-0.2, -0.15) is 0 Å². The lowest BCUT2D eigenvalue weighted by atomic mass is 9.96. The number of rotatable bonds is 3. The third-order valence-corrected chi connectivity index (χ3v) is 5.13. The summed E-state index contributed by atoms with van der Waals surface area (Å²) < 4.78 is 7.57. The molecule has 3 atom stereocenters. The van der Waals surface area contributed by atoms with E-state index in [0.29, 0.717) is 18.1 Å². The molecular formula is C17H29N5O2. The summed E-state index contributed by atoms with van der Waals surface area (Å²) in [6.07, 6.45) is 5.76. The molecule has 0 aliphatic carbocycles. The Morgan fingerprint density at radius 2 is 1.96 bits per heavy atom. The smallest absolute Gasteiger partial charge is 0.410 e. The van der Waals surface area contributed by atoms with Gasteiger partial charge < -0.3 is 14.2 Å². The average molecular weight is 335 g/mol. The molecule has 0 spiro atoms. The molecule has 2 fully saturated rings. The molecule has 0 radical (unpaired) electrons. The van der Waals surface area contributed by atoms with Crippen molar-refractivity contribution in [3.8, 4) is 0 Å². The highest BCUT2D eigenvalue weighted by Gasteiger charge is 2.45. The Kier molecular flexibility index (Phi) is 4.55. The standard InChI is InChI=1S/C17H29N5O2/c1-17(2,3)24-16(23)22-12-6-7-13(22)9-14(8-12)20(4)10-15-19-18-11-21(15)5/h11-14H,6-10H2,1-5H3/t12-,13+,14?. The van der Waals surface area contributed by atoms with E-state index in [1.165, 1.54) is 0 Å². The number of piperidine rings is 1. The minimum atomic E-state index is -0.435. The van der Waals surface area contributed by atoms with Gasteiger partial charge in [-0.25, -0.2) is 4.79 Å². The van der Waals surface area contributed by atoms with Crippen LogP contribution in [0.4, 0.5) is 4.79 Å². The van der Waals surface area contributed by atoms with Crippen molar-refractivity contribution in [2.24, 2.45) is 7.05 Å². The van der Waals surface area contributed by atoms with Crippen LogP contribution in [0, 0.1) is 0 Å². The van der Waals surface area contributed by atoms with Gasteiger partial charge in [0.25, 0.3) is 0 Å². The van der Waals surface area contributed by atoms with E-state index in [2.05, 4.69) is 22.1 Å². The van der Waals surface area contributed by atoms with Crippen molar-refractivity contribution in [3.63, 3.8) is 0 Å². The Labute approximate surface area is 144 Å². The lowest BCUT2D eigenvalue weighted by Crippen LogP contribution is -2.52. The highest BCUT2D eigenvalue weighted by atomic mass is 16.6. The van der Waals surface area contributed by atoms with Crippen LogP contribution in [0.1, 0.15) is 52.3 Å². The molecule has 3 rings (SSSR count). The number of amides is 1. The van der Waals surface area contributed by atoms with Crippen LogP contribution in [0.5, 0.6) is 0 Å². The Hall–Kier alpha value is -1.63. The van der Waals surface area contributed by atoms with Gasteiger partial charge in [0.15, 0.2) is 0 Å². The van der Waals surface area contributed by atoms with Crippen LogP contribution in [0.25, 0.3) is 0 Å². The van der Waals surface area contributed by atoms with Gasteiger partial charge in [-0.3, -0.25) is 4.90 Å². The van der Waals surface area contributed by atoms with Crippen LogP contribution in [0.3, 0.4) is 0 Å². The Morgan fingerprint density at radius 1 is 1.33 bits per heavy atom. The molecule has 0 N–H and O–H groups in total. The van der Waals surface area contributed by atoms with E-state index in [4.69, 9.17) is 4.74 Å². The fourth-order valence-electron chi connectivity index (χ4n) is 3.92. The number of nitrogens with zero attached hydrogens (tertiary/aromatic N) is 5. The maximum absolute atomic E-state index is 12.5. The second kappa shape index (κ2) is 6.35. The molecule has 2 bridgehead atoms. The predicted octanol–water partition coefficient (Wildman–Crippen LogP) is 2.18. The summed E-state index contributed by atoms with van der Waals surface area (Å²) in [6.45, 7) is 6.56. The average Bonchev–Trinajstić information content (AvgIpc) is 2.98. The Morgan fingerprint density at radius 3 is 2.46 bits per heavy atom. The summed E-state index contributed by atoms with van der Waals surface area (Å²) >= 11 is 0. The number of hydrogen-bond donors (Lipinski definition) is 0. The van der Waals surface area contributed by atoms with E-state index in [1.807, 2.05) is 37.3 Å². The summed E-state index contributed by atoms with van der Waals surface area (Å²) in [5, 5.41) is 8.12. The molecule has 2 aliphatic rings. The highest BCUT2D eigenvalue weighted by molar-refractivity contribution is 5.69. The second-order valence-corrected chi connectivity index (χ2v) is 8.17. The zero-order valence-corrected chi connectivity index (χ0v) is 15.4. The van der Waals surface area contributed by atoms with Crippen molar-refractivity contribution in [1.29, 1.82) is 0 Å². The maximum atomic E-state index is 12.5. The molecule has 24 heavy (non-hydrogen) atoms. The zero-order chi connectivity index (χ0) is 17.5. The van der Waals surface area contributed by atoms with E-state index in [1.54, 1.807) is 6.33 Å². The van der Waals surface area contributed by atoms with Gasteiger partial charge >= 0.3 is 6.09 Å². The zero-order valence-electron chi connectivity index (χ0n) is 15.4. The molecule has 0 saturated carbocycles. The Bertz CT molecular complexity index is 580. The molecule has 134 valence electrons. The van der Waals surface area contributed by atoms with Gasteiger partial charge in [0, 0.05) is 25.2 Å². The maximum Gasteiger partial charge on any atom is 0.410 e. The van der Waals surface area contributed by atoms with Gasteiger partial charge in [-0.15, -0.1) is 10.2 Å². The van der Waals surface area contributed by atoms with E-state index >= 15 is 0 Å². The van der Waals surface area contributed by atoms with Crippen LogP contribution in [-0.2, 0) is 18.3 Å². The lowest BCUT2D eigenvalue weighted by Gasteiger charge is -2.42. The number of hydrogen-bond acceptors (Lipinski definition) is 5. The van der Waals surface area contributed by atoms with Crippen molar-refractivity contribution >= 4 is 6.09 Å². The van der Waals surface area contributed by atoms with Crippen LogP contribution in [-0.4, -0.2) is 61.4 Å². The summed E-state index contributed by atoms with van der Waals surface area (Å²) in [5.41, 5.74) is -0.435. The van der Waals surface area contributed by atoms with Gasteiger partial charge in [0.2, 0.25) is 0 Å². The first-order valence-corrected chi connectivity index (χ1v) is 8.79. The summed E-state index contributed by atoms with van der Waals surface area (Å²) in [6, 6.07) is 1.06. The Balaban J connectivity index is 1.62. The third-order valence-electron chi connectivity index (χ3n) is 5.13. The fourth-order valence-corrected chi connectivity index (χ4v) is 3.92. The van der Waals surface area contributed by atoms with Gasteiger partial charge in [-0.1, -0.05) is 0 Å². The van der Waals surface area contributed by atoms with Crippen LogP contribution in [0.2, 0.25) is 0 Å². The van der Waals surface area contributed by atoms with Gasteiger partial charge in [-0.05, 0) is 53.5 Å². The number of ether oxygens (including phenoxy) is 1. The third kappa shape index (κ3) is 3.55. The van der Waals surface area contributed by atoms with Crippen molar-refractivity contribution in [2.75, 3.05) is 7.05 Å². The number of carbonyl (C=O) groups excluding carboxylic acids is 1. The van der Waals surface area contributed by atoms with Gasteiger partial charge in [0.1, 0.15) is 17.8 Å². The molecule has 2 saturated heterocycles. The SMILES string of the molecule is CN(Cc1nncn1C)C1C[C@H]2CC[C@@H](C1)N2C(=O)OC(C)(C)C. The van der Waals surface area contributed by atoms with Crippen LogP contribution in [0.15, 0.2) is 6.33 Å². The number of aryl methyl sites for hydroxylation is 1. The molecule has 2 aliphatic heterocycles. The molecule has 1 unspecified atom stereocenters. The molecular weight excluding hydrogens is 306 g/mol. The highest BCUT2D eigenvalue weighted by Crippen LogP contribution is 2.38. The first kappa shape index (κ1) is 17.2. The molecule has 0 aromatic carbocycles.